The Kier molecular flexibility index (Phi) is 4.31. The fraction of sp³-hybridized carbons (Fsp3) is 0.583. The molecule has 5 aliphatic rings. The number of ether oxygens (including phenoxy) is 1. The zero-order valence-electron chi connectivity index (χ0n) is 17.3. The number of aromatic nitrogens is 2. The predicted octanol–water partition coefficient (Wildman–Crippen LogP) is 3.64. The second-order valence-corrected chi connectivity index (χ2v) is 10.2. The Morgan fingerprint density at radius 2 is 2.06 bits per heavy atom. The van der Waals surface area contributed by atoms with Gasteiger partial charge < -0.3 is 19.5 Å². The quantitative estimate of drug-likeness (QED) is 0.737. The molecule has 7 rings (SSSR count). The summed E-state index contributed by atoms with van der Waals surface area (Å²) in [6, 6.07) is 4.89. The van der Waals surface area contributed by atoms with E-state index in [1.807, 2.05) is 10.6 Å². The molecule has 164 valence electrons. The smallest absolute Gasteiger partial charge is 0.329 e. The van der Waals surface area contributed by atoms with Crippen molar-refractivity contribution in [2.24, 2.45) is 23.2 Å². The van der Waals surface area contributed by atoms with E-state index < -0.39 is 12.1 Å². The number of halogens is 1. The van der Waals surface area contributed by atoms with E-state index in [9.17, 15) is 14.3 Å². The zero-order valence-corrected chi connectivity index (χ0v) is 17.3. The maximum atomic E-state index is 14.8. The van der Waals surface area contributed by atoms with Gasteiger partial charge in [0.15, 0.2) is 0 Å². The molecule has 5 unspecified atom stereocenters. The SMILES string of the molecule is O=C(O)CO[C@H]1C2CC3C[C@@H]1CC(C(O)CC1c4c(F)cccc4-c4cncn41)(C3)C2. The van der Waals surface area contributed by atoms with E-state index in [2.05, 4.69) is 4.98 Å². The van der Waals surface area contributed by atoms with E-state index in [1.54, 1.807) is 18.6 Å². The minimum absolute atomic E-state index is 0.0159. The first kappa shape index (κ1) is 19.4. The summed E-state index contributed by atoms with van der Waals surface area (Å²) >= 11 is 0. The lowest BCUT2D eigenvalue weighted by atomic mass is 9.46. The van der Waals surface area contributed by atoms with Crippen LogP contribution in [-0.4, -0.2) is 44.5 Å². The molecular weight excluding hydrogens is 399 g/mol. The lowest BCUT2D eigenvalue weighted by molar-refractivity contribution is -0.194. The van der Waals surface area contributed by atoms with Crippen molar-refractivity contribution >= 4 is 5.97 Å². The van der Waals surface area contributed by atoms with Crippen LogP contribution in [-0.2, 0) is 9.53 Å². The average Bonchev–Trinajstić information content (AvgIpc) is 3.30. The first-order chi connectivity index (χ1) is 14.9. The molecule has 4 aliphatic carbocycles. The molecule has 2 heterocycles. The lowest BCUT2D eigenvalue weighted by Crippen LogP contribution is -2.58. The molecule has 2 aromatic rings. The van der Waals surface area contributed by atoms with E-state index in [0.29, 0.717) is 29.7 Å². The van der Waals surface area contributed by atoms with Gasteiger partial charge in [-0.3, -0.25) is 0 Å². The number of carboxylic acid groups (broad SMARTS) is 1. The van der Waals surface area contributed by atoms with Crippen molar-refractivity contribution in [3.63, 3.8) is 0 Å². The van der Waals surface area contributed by atoms with Crippen LogP contribution in [0, 0.1) is 29.0 Å². The van der Waals surface area contributed by atoms with Gasteiger partial charge in [0.05, 0.1) is 36.5 Å². The highest BCUT2D eigenvalue weighted by Gasteiger charge is 2.58. The van der Waals surface area contributed by atoms with Crippen LogP contribution < -0.4 is 0 Å². The van der Waals surface area contributed by atoms with Crippen LogP contribution in [0.5, 0.6) is 0 Å². The standard InChI is InChI=1S/C24H27FN2O4/c25-17-3-1-2-16-19-10-26-12-27(19)18(22(16)17)6-20(28)24-7-13-4-14(8-24)23(15(5-13)9-24)31-11-21(29)30/h1-3,10,12-15,18,20,23,28H,4-9,11H2,(H,29,30)/t13?,14-,15?,18?,20?,23-,24?/m1/s1. The van der Waals surface area contributed by atoms with Crippen LogP contribution in [0.1, 0.15) is 50.1 Å². The van der Waals surface area contributed by atoms with Gasteiger partial charge in [0.25, 0.3) is 0 Å². The largest absolute Gasteiger partial charge is 0.480 e. The summed E-state index contributed by atoms with van der Waals surface area (Å²) in [6.45, 7) is -0.251. The van der Waals surface area contributed by atoms with Crippen molar-refractivity contribution in [3.05, 3.63) is 42.1 Å². The van der Waals surface area contributed by atoms with Crippen LogP contribution in [0.4, 0.5) is 4.39 Å². The fourth-order valence-corrected chi connectivity index (χ4v) is 7.58. The second-order valence-electron chi connectivity index (χ2n) is 10.2. The number of fused-ring (bicyclic) bond motifs is 3. The predicted molar refractivity (Wildman–Crippen MR) is 110 cm³/mol. The highest BCUT2D eigenvalue weighted by atomic mass is 19.1. The molecule has 4 saturated carbocycles. The van der Waals surface area contributed by atoms with Crippen LogP contribution in [0.25, 0.3) is 11.3 Å². The molecule has 0 amide bonds. The molecule has 0 radical (unpaired) electrons. The van der Waals surface area contributed by atoms with Gasteiger partial charge in [-0.25, -0.2) is 14.2 Å². The number of aliphatic hydroxyl groups is 1. The van der Waals surface area contributed by atoms with E-state index in [1.165, 1.54) is 6.07 Å². The van der Waals surface area contributed by atoms with Gasteiger partial charge in [0.1, 0.15) is 12.4 Å². The lowest BCUT2D eigenvalue weighted by Gasteiger charge is -2.61. The molecule has 6 nitrogen and oxygen atoms in total. The Hall–Kier alpha value is -2.25. The number of benzene rings is 1. The third-order valence-electron chi connectivity index (χ3n) is 8.45. The van der Waals surface area contributed by atoms with Crippen LogP contribution in [0.15, 0.2) is 30.7 Å². The number of hydrogen-bond donors (Lipinski definition) is 2. The van der Waals surface area contributed by atoms with Crippen LogP contribution >= 0.6 is 0 Å². The summed E-state index contributed by atoms with van der Waals surface area (Å²) in [6.07, 6.45) is 8.23. The minimum Gasteiger partial charge on any atom is -0.480 e. The molecule has 1 aromatic heterocycles. The van der Waals surface area contributed by atoms with Gasteiger partial charge in [-0.1, -0.05) is 12.1 Å². The molecule has 4 fully saturated rings. The topological polar surface area (TPSA) is 84.6 Å². The highest BCUT2D eigenvalue weighted by molar-refractivity contribution is 5.69. The number of aliphatic hydroxyl groups excluding tert-OH is 1. The fourth-order valence-electron chi connectivity index (χ4n) is 7.58. The molecule has 2 N–H and O–H groups in total. The molecule has 7 atom stereocenters. The molecule has 31 heavy (non-hydrogen) atoms. The summed E-state index contributed by atoms with van der Waals surface area (Å²) in [5, 5.41) is 20.6. The molecule has 0 saturated heterocycles. The molecular formula is C24H27FN2O4. The minimum atomic E-state index is -0.929. The Bertz CT molecular complexity index is 1020. The monoisotopic (exact) mass is 426 g/mol. The molecule has 4 bridgehead atoms. The third-order valence-corrected chi connectivity index (χ3v) is 8.45. The number of carbonyl (C=O) groups is 1. The maximum Gasteiger partial charge on any atom is 0.329 e. The molecule has 1 aliphatic heterocycles. The number of aliphatic carboxylic acids is 1. The van der Waals surface area contributed by atoms with Gasteiger partial charge in [-0.2, -0.15) is 0 Å². The number of hydrogen-bond acceptors (Lipinski definition) is 4. The van der Waals surface area contributed by atoms with Crippen LogP contribution in [0.2, 0.25) is 0 Å². The van der Waals surface area contributed by atoms with Crippen molar-refractivity contribution < 1.29 is 24.1 Å². The van der Waals surface area contributed by atoms with Crippen LogP contribution in [0.3, 0.4) is 0 Å². The number of carboxylic acids is 1. The first-order valence-corrected chi connectivity index (χ1v) is 11.3. The van der Waals surface area contributed by atoms with Gasteiger partial charge in [-0.15, -0.1) is 0 Å². The van der Waals surface area contributed by atoms with E-state index >= 15 is 0 Å². The molecule has 1 aromatic carbocycles. The van der Waals surface area contributed by atoms with E-state index in [-0.39, 0.29) is 30.0 Å². The molecule has 7 heteroatoms. The maximum absolute atomic E-state index is 14.8. The molecule has 0 spiro atoms. The van der Waals surface area contributed by atoms with Crippen molar-refractivity contribution in [1.29, 1.82) is 0 Å². The van der Waals surface area contributed by atoms with Gasteiger partial charge in [0, 0.05) is 11.1 Å². The van der Waals surface area contributed by atoms with E-state index in [0.717, 1.165) is 43.4 Å². The summed E-state index contributed by atoms with van der Waals surface area (Å²) in [4.78, 5) is 15.3. The van der Waals surface area contributed by atoms with Crippen molar-refractivity contribution in [1.82, 2.24) is 9.55 Å². The summed E-state index contributed by atoms with van der Waals surface area (Å²) in [7, 11) is 0. The number of nitrogens with zero attached hydrogens (tertiary/aromatic N) is 2. The van der Waals surface area contributed by atoms with Crippen molar-refractivity contribution in [2.75, 3.05) is 6.61 Å². The third kappa shape index (κ3) is 2.89. The van der Waals surface area contributed by atoms with E-state index in [4.69, 9.17) is 9.84 Å². The van der Waals surface area contributed by atoms with Gasteiger partial charge in [0.2, 0.25) is 0 Å². The van der Waals surface area contributed by atoms with Crippen molar-refractivity contribution in [2.45, 2.75) is 56.8 Å². The highest BCUT2D eigenvalue weighted by Crippen LogP contribution is 2.63. The normalized spacial score (nSPS) is 35.7. The average molecular weight is 426 g/mol. The number of imidazole rings is 1. The Morgan fingerprint density at radius 1 is 1.29 bits per heavy atom. The van der Waals surface area contributed by atoms with Gasteiger partial charge >= 0.3 is 5.97 Å². The summed E-state index contributed by atoms with van der Waals surface area (Å²) in [5.41, 5.74) is 2.24. The second kappa shape index (κ2) is 6.87. The Balaban J connectivity index is 1.26. The summed E-state index contributed by atoms with van der Waals surface area (Å²) in [5.74, 6) is 0.00853. The number of rotatable bonds is 6. The summed E-state index contributed by atoms with van der Waals surface area (Å²) < 4.78 is 22.6. The Labute approximate surface area is 180 Å². The first-order valence-electron chi connectivity index (χ1n) is 11.3. The van der Waals surface area contributed by atoms with Gasteiger partial charge in [-0.05, 0) is 67.8 Å². The Morgan fingerprint density at radius 3 is 2.81 bits per heavy atom. The van der Waals surface area contributed by atoms with Crippen molar-refractivity contribution in [3.8, 4) is 11.3 Å². The zero-order chi connectivity index (χ0) is 21.3.